The fourth-order valence-electron chi connectivity index (χ4n) is 4.32. The first-order valence-electron chi connectivity index (χ1n) is 12.1. The Balaban J connectivity index is 1.39. The topological polar surface area (TPSA) is 78.2 Å². The molecule has 2 aromatic carbocycles. The van der Waals surface area contributed by atoms with Gasteiger partial charge >= 0.3 is 0 Å². The lowest BCUT2D eigenvalue weighted by atomic mass is 10.1. The Morgan fingerprint density at radius 3 is 2.58 bits per heavy atom. The molecule has 6 rings (SSSR count). The summed E-state index contributed by atoms with van der Waals surface area (Å²) in [5.74, 6) is 1.47. The van der Waals surface area contributed by atoms with Gasteiger partial charge in [0, 0.05) is 31.0 Å². The molecule has 4 heterocycles. The van der Waals surface area contributed by atoms with Gasteiger partial charge in [-0.25, -0.2) is 9.97 Å². The average molecular weight is 479 g/mol. The highest BCUT2D eigenvalue weighted by Crippen LogP contribution is 2.30. The third-order valence-electron chi connectivity index (χ3n) is 6.18. The quantitative estimate of drug-likeness (QED) is 0.344. The summed E-state index contributed by atoms with van der Waals surface area (Å²) >= 11 is 0. The number of nitrogens with zero attached hydrogens (tertiary/aromatic N) is 6. The second kappa shape index (κ2) is 10.1. The zero-order valence-corrected chi connectivity index (χ0v) is 19.8. The van der Waals surface area contributed by atoms with E-state index >= 15 is 0 Å². The highest BCUT2D eigenvalue weighted by atomic mass is 16.5. The van der Waals surface area contributed by atoms with Gasteiger partial charge in [-0.2, -0.15) is 4.98 Å². The van der Waals surface area contributed by atoms with E-state index in [0.717, 1.165) is 52.4 Å². The number of hydrogen-bond donors (Lipinski definition) is 0. The second-order valence-corrected chi connectivity index (χ2v) is 8.68. The summed E-state index contributed by atoms with van der Waals surface area (Å²) < 4.78 is 13.7. The Hall–Kier alpha value is -4.30. The van der Waals surface area contributed by atoms with Gasteiger partial charge in [0.2, 0.25) is 5.95 Å². The molecule has 5 aromatic rings. The number of aromatic nitrogens is 5. The van der Waals surface area contributed by atoms with Gasteiger partial charge < -0.3 is 18.9 Å². The Morgan fingerprint density at radius 1 is 0.889 bits per heavy atom. The molecule has 0 amide bonds. The smallest absolute Gasteiger partial charge is 0.228 e. The van der Waals surface area contributed by atoms with Gasteiger partial charge in [0.15, 0.2) is 5.65 Å². The molecule has 1 fully saturated rings. The molecule has 1 aliphatic heterocycles. The number of benzene rings is 2. The van der Waals surface area contributed by atoms with Crippen LogP contribution in [0.5, 0.6) is 5.75 Å². The van der Waals surface area contributed by atoms with Gasteiger partial charge in [-0.1, -0.05) is 48.5 Å². The van der Waals surface area contributed by atoms with Crippen LogP contribution in [0.4, 0.5) is 5.95 Å². The highest BCUT2D eigenvalue weighted by Gasteiger charge is 2.20. The maximum atomic E-state index is 6.09. The fourth-order valence-corrected chi connectivity index (χ4v) is 4.32. The molecule has 0 atom stereocenters. The summed E-state index contributed by atoms with van der Waals surface area (Å²) in [4.78, 5) is 21.1. The van der Waals surface area contributed by atoms with Crippen LogP contribution in [0.3, 0.4) is 0 Å². The van der Waals surface area contributed by atoms with Gasteiger partial charge in [0.1, 0.15) is 23.6 Å². The third-order valence-corrected chi connectivity index (χ3v) is 6.18. The molecule has 36 heavy (non-hydrogen) atoms. The average Bonchev–Trinajstić information content (AvgIpc) is 3.35. The van der Waals surface area contributed by atoms with Crippen molar-refractivity contribution in [2.75, 3.05) is 31.2 Å². The lowest BCUT2D eigenvalue weighted by Gasteiger charge is -2.27. The standard InChI is InChI=1S/C28H26N6O2/c1-2-6-21(7-3-1)19-36-24-10-4-9-23(16-24)25-26-27(32-28(31-25)33-12-14-35-15-13-33)34(20-30-26)18-22-8-5-11-29-17-22/h1-11,16-17,20H,12-15,18-19H2. The van der Waals surface area contributed by atoms with Gasteiger partial charge in [-0.15, -0.1) is 0 Å². The molecule has 3 aromatic heterocycles. The number of anilines is 1. The minimum absolute atomic E-state index is 0.502. The van der Waals surface area contributed by atoms with Crippen molar-refractivity contribution in [2.45, 2.75) is 13.2 Å². The summed E-state index contributed by atoms with van der Waals surface area (Å²) in [6, 6.07) is 22.2. The van der Waals surface area contributed by atoms with E-state index in [0.29, 0.717) is 32.3 Å². The minimum atomic E-state index is 0.502. The molecule has 0 unspecified atom stereocenters. The molecule has 0 aliphatic carbocycles. The number of rotatable bonds is 7. The van der Waals surface area contributed by atoms with Crippen LogP contribution in [0.15, 0.2) is 85.5 Å². The predicted molar refractivity (Wildman–Crippen MR) is 138 cm³/mol. The number of ether oxygens (including phenoxy) is 2. The van der Waals surface area contributed by atoms with E-state index in [1.54, 1.807) is 6.20 Å². The largest absolute Gasteiger partial charge is 0.489 e. The maximum absolute atomic E-state index is 6.09. The normalized spacial score (nSPS) is 13.7. The zero-order valence-electron chi connectivity index (χ0n) is 19.8. The van der Waals surface area contributed by atoms with Crippen LogP contribution >= 0.6 is 0 Å². The molecule has 0 saturated carbocycles. The zero-order chi connectivity index (χ0) is 24.2. The Bertz CT molecular complexity index is 1450. The number of hydrogen-bond acceptors (Lipinski definition) is 7. The van der Waals surface area contributed by atoms with E-state index in [-0.39, 0.29) is 0 Å². The van der Waals surface area contributed by atoms with Crippen LogP contribution < -0.4 is 9.64 Å². The molecular weight excluding hydrogens is 452 g/mol. The van der Waals surface area contributed by atoms with E-state index < -0.39 is 0 Å². The molecule has 0 radical (unpaired) electrons. The number of imidazole rings is 1. The Kier molecular flexibility index (Phi) is 6.24. The SMILES string of the molecule is c1ccc(COc2cccc(-c3nc(N4CCOCC4)nc4c3ncn4Cc3cccnc3)c2)cc1. The lowest BCUT2D eigenvalue weighted by Crippen LogP contribution is -2.37. The Labute approximate surface area is 209 Å². The van der Waals surface area contributed by atoms with E-state index in [9.17, 15) is 0 Å². The molecule has 0 bridgehead atoms. The van der Waals surface area contributed by atoms with Gasteiger partial charge in [-0.05, 0) is 29.3 Å². The molecule has 180 valence electrons. The number of fused-ring (bicyclic) bond motifs is 1. The molecule has 1 aliphatic rings. The first-order valence-corrected chi connectivity index (χ1v) is 12.1. The van der Waals surface area contributed by atoms with Crippen molar-refractivity contribution in [3.8, 4) is 17.0 Å². The summed E-state index contributed by atoms with van der Waals surface area (Å²) in [5.41, 5.74) is 5.49. The van der Waals surface area contributed by atoms with Crippen LogP contribution in [0, 0.1) is 0 Å². The van der Waals surface area contributed by atoms with Crippen molar-refractivity contribution in [1.29, 1.82) is 0 Å². The van der Waals surface area contributed by atoms with Crippen molar-refractivity contribution in [3.63, 3.8) is 0 Å². The van der Waals surface area contributed by atoms with Gasteiger partial charge in [-0.3, -0.25) is 4.98 Å². The van der Waals surface area contributed by atoms with Crippen LogP contribution in [0.1, 0.15) is 11.1 Å². The van der Waals surface area contributed by atoms with Gasteiger partial charge in [0.25, 0.3) is 0 Å². The molecule has 0 N–H and O–H groups in total. The van der Waals surface area contributed by atoms with Crippen LogP contribution in [0.2, 0.25) is 0 Å². The summed E-state index contributed by atoms with van der Waals surface area (Å²) in [6.07, 6.45) is 5.47. The lowest BCUT2D eigenvalue weighted by molar-refractivity contribution is 0.122. The van der Waals surface area contributed by atoms with Crippen molar-refractivity contribution in [3.05, 3.63) is 96.6 Å². The third kappa shape index (κ3) is 4.76. The summed E-state index contributed by atoms with van der Waals surface area (Å²) in [7, 11) is 0. The van der Waals surface area contributed by atoms with Crippen LogP contribution in [-0.2, 0) is 17.9 Å². The van der Waals surface area contributed by atoms with E-state index in [1.165, 1.54) is 0 Å². The van der Waals surface area contributed by atoms with E-state index in [1.807, 2.05) is 61.1 Å². The van der Waals surface area contributed by atoms with Gasteiger partial charge in [0.05, 0.1) is 26.1 Å². The van der Waals surface area contributed by atoms with Crippen molar-refractivity contribution < 1.29 is 9.47 Å². The van der Waals surface area contributed by atoms with Crippen molar-refractivity contribution in [1.82, 2.24) is 24.5 Å². The van der Waals surface area contributed by atoms with Crippen LogP contribution in [0.25, 0.3) is 22.4 Å². The molecule has 1 saturated heterocycles. The Morgan fingerprint density at radius 2 is 1.75 bits per heavy atom. The number of pyridine rings is 1. The molecule has 8 heteroatoms. The van der Waals surface area contributed by atoms with Crippen LogP contribution in [-0.4, -0.2) is 50.8 Å². The molecule has 0 spiro atoms. The molecule has 8 nitrogen and oxygen atoms in total. The molecular formula is C28H26N6O2. The van der Waals surface area contributed by atoms with Crippen molar-refractivity contribution in [2.24, 2.45) is 0 Å². The fraction of sp³-hybridized carbons (Fsp3) is 0.214. The summed E-state index contributed by atoms with van der Waals surface area (Å²) in [5, 5.41) is 0. The summed E-state index contributed by atoms with van der Waals surface area (Å²) in [6.45, 7) is 3.96. The predicted octanol–water partition coefficient (Wildman–Crippen LogP) is 4.35. The first-order chi connectivity index (χ1) is 17.8. The first kappa shape index (κ1) is 22.2. The highest BCUT2D eigenvalue weighted by molar-refractivity contribution is 5.88. The monoisotopic (exact) mass is 478 g/mol. The van der Waals surface area contributed by atoms with E-state index in [2.05, 4.69) is 32.7 Å². The number of morpholine rings is 1. The second-order valence-electron chi connectivity index (χ2n) is 8.68. The van der Waals surface area contributed by atoms with Crippen molar-refractivity contribution >= 4 is 17.1 Å². The minimum Gasteiger partial charge on any atom is -0.489 e. The maximum Gasteiger partial charge on any atom is 0.228 e. The van der Waals surface area contributed by atoms with E-state index in [4.69, 9.17) is 24.4 Å².